The molecule has 19 heteroatoms. The molecule has 1 amide bonds. The molecule has 0 spiro atoms. The number of aliphatic hydroxyl groups excluding tert-OH is 11. The summed E-state index contributed by atoms with van der Waals surface area (Å²) < 4.78 is 34.2. The van der Waals surface area contributed by atoms with Crippen LogP contribution in [-0.2, 0) is 33.2 Å². The molecule has 0 aromatic carbocycles. The Labute approximate surface area is 465 Å². The van der Waals surface area contributed by atoms with Gasteiger partial charge in [-0.3, -0.25) is 4.79 Å². The molecule has 454 valence electrons. The summed E-state index contributed by atoms with van der Waals surface area (Å²) in [5.41, 5.74) is 0. The molecule has 0 saturated carbocycles. The molecule has 3 heterocycles. The number of hydrogen-bond acceptors (Lipinski definition) is 18. The summed E-state index contributed by atoms with van der Waals surface area (Å²) in [5.74, 6) is -0.301. The van der Waals surface area contributed by atoms with Gasteiger partial charge >= 0.3 is 0 Å². The summed E-state index contributed by atoms with van der Waals surface area (Å²) in [6.45, 7) is 1.65. The van der Waals surface area contributed by atoms with Gasteiger partial charge in [0, 0.05) is 6.42 Å². The maximum Gasteiger partial charge on any atom is 0.220 e. The van der Waals surface area contributed by atoms with E-state index in [1.807, 2.05) is 6.08 Å². The van der Waals surface area contributed by atoms with Crippen molar-refractivity contribution in [3.05, 3.63) is 48.6 Å². The lowest BCUT2D eigenvalue weighted by molar-refractivity contribution is -0.379. The van der Waals surface area contributed by atoms with E-state index in [1.165, 1.54) is 89.9 Å². The van der Waals surface area contributed by atoms with E-state index in [0.29, 0.717) is 12.8 Å². The fraction of sp³-hybridized carbons (Fsp3) is 0.847. The van der Waals surface area contributed by atoms with Gasteiger partial charge in [0.1, 0.15) is 73.2 Å². The number of carbonyl (C=O) groups is 1. The minimum Gasteiger partial charge on any atom is -0.394 e. The van der Waals surface area contributed by atoms with Gasteiger partial charge in [-0.25, -0.2) is 0 Å². The van der Waals surface area contributed by atoms with Gasteiger partial charge in [-0.1, -0.05) is 159 Å². The third-order valence-corrected chi connectivity index (χ3v) is 14.8. The highest BCUT2D eigenvalue weighted by Crippen LogP contribution is 2.33. The summed E-state index contributed by atoms with van der Waals surface area (Å²) in [4.78, 5) is 13.3. The van der Waals surface area contributed by atoms with Gasteiger partial charge in [-0.05, 0) is 70.6 Å². The van der Waals surface area contributed by atoms with Crippen LogP contribution in [0, 0.1) is 0 Å². The van der Waals surface area contributed by atoms with Crippen molar-refractivity contribution in [2.24, 2.45) is 0 Å². The Morgan fingerprint density at radius 1 is 0.449 bits per heavy atom. The van der Waals surface area contributed by atoms with E-state index in [-0.39, 0.29) is 18.9 Å². The predicted molar refractivity (Wildman–Crippen MR) is 295 cm³/mol. The highest BCUT2D eigenvalue weighted by Gasteiger charge is 2.53. The molecule has 3 aliphatic heterocycles. The lowest BCUT2D eigenvalue weighted by Crippen LogP contribution is -2.66. The second kappa shape index (κ2) is 42.6. The van der Waals surface area contributed by atoms with Gasteiger partial charge in [-0.2, -0.15) is 0 Å². The standard InChI is InChI=1S/C59H105NO18/c1-3-5-7-9-11-13-15-17-18-19-20-21-22-23-25-26-28-30-32-34-36-43(64)42(60-47(65)37-35-33-31-29-27-24-16-14-12-10-8-6-4-2)41-73-57-53(71)50(68)55(45(39-62)75-57)78-59-54(72)51(69)56(46(40-63)76-59)77-58-52(70)49(67)48(66)44(38-61)74-58/h14,16,21-22,26,28,34,36,42-46,48-59,61-64,66-72H,3-13,15,17-20,23-25,27,29-33,35,37-41H2,1-2H3,(H,60,65)/b16-14-,22-21+,28-26+,36-34+. The van der Waals surface area contributed by atoms with Crippen LogP contribution >= 0.6 is 0 Å². The molecule has 17 unspecified atom stereocenters. The van der Waals surface area contributed by atoms with Crippen molar-refractivity contribution in [1.82, 2.24) is 5.32 Å². The average Bonchev–Trinajstić information content (AvgIpc) is 3.43. The Hall–Kier alpha value is -2.25. The number of carbonyl (C=O) groups excluding carboxylic acids is 1. The van der Waals surface area contributed by atoms with Crippen LogP contribution in [0.3, 0.4) is 0 Å². The van der Waals surface area contributed by atoms with E-state index in [0.717, 1.165) is 64.2 Å². The van der Waals surface area contributed by atoms with Crippen LogP contribution in [-0.4, -0.2) is 193 Å². The van der Waals surface area contributed by atoms with Crippen LogP contribution in [0.4, 0.5) is 0 Å². The Kier molecular flexibility index (Phi) is 38.2. The van der Waals surface area contributed by atoms with Crippen LogP contribution in [0.5, 0.6) is 0 Å². The number of amides is 1. The van der Waals surface area contributed by atoms with Gasteiger partial charge in [0.15, 0.2) is 18.9 Å². The van der Waals surface area contributed by atoms with Crippen LogP contribution in [0.15, 0.2) is 48.6 Å². The first-order valence-corrected chi connectivity index (χ1v) is 29.9. The van der Waals surface area contributed by atoms with Gasteiger partial charge in [0.25, 0.3) is 0 Å². The largest absolute Gasteiger partial charge is 0.394 e. The molecule has 78 heavy (non-hydrogen) atoms. The fourth-order valence-corrected chi connectivity index (χ4v) is 9.86. The van der Waals surface area contributed by atoms with Crippen molar-refractivity contribution >= 4 is 5.91 Å². The molecule has 3 aliphatic rings. The van der Waals surface area contributed by atoms with Crippen molar-refractivity contribution in [2.75, 3.05) is 26.4 Å². The Balaban J connectivity index is 1.53. The van der Waals surface area contributed by atoms with Crippen molar-refractivity contribution in [3.8, 4) is 0 Å². The number of aliphatic hydroxyl groups is 11. The molecule has 0 aliphatic carbocycles. The lowest BCUT2D eigenvalue weighted by atomic mass is 9.96. The molecule has 0 radical (unpaired) electrons. The van der Waals surface area contributed by atoms with Crippen LogP contribution in [0.2, 0.25) is 0 Å². The first-order valence-electron chi connectivity index (χ1n) is 29.9. The zero-order valence-corrected chi connectivity index (χ0v) is 47.1. The normalized spacial score (nSPS) is 30.8. The lowest BCUT2D eigenvalue weighted by Gasteiger charge is -2.48. The predicted octanol–water partition coefficient (Wildman–Crippen LogP) is 5.09. The number of hydrogen-bond donors (Lipinski definition) is 12. The molecule has 3 fully saturated rings. The highest BCUT2D eigenvalue weighted by atomic mass is 16.8. The first kappa shape index (κ1) is 70.0. The van der Waals surface area contributed by atoms with Gasteiger partial charge < -0.3 is 89.9 Å². The third-order valence-electron chi connectivity index (χ3n) is 14.8. The first-order chi connectivity index (χ1) is 37.8. The van der Waals surface area contributed by atoms with Gasteiger partial charge in [0.2, 0.25) is 5.91 Å². The smallest absolute Gasteiger partial charge is 0.220 e. The third kappa shape index (κ3) is 26.3. The van der Waals surface area contributed by atoms with E-state index >= 15 is 0 Å². The Bertz CT molecular complexity index is 1620. The van der Waals surface area contributed by atoms with Crippen molar-refractivity contribution in [3.63, 3.8) is 0 Å². The number of allylic oxidation sites excluding steroid dienone is 7. The van der Waals surface area contributed by atoms with E-state index in [9.17, 15) is 61.0 Å². The molecule has 0 aromatic heterocycles. The zero-order chi connectivity index (χ0) is 56.9. The number of ether oxygens (including phenoxy) is 6. The van der Waals surface area contributed by atoms with Crippen LogP contribution in [0.1, 0.15) is 187 Å². The van der Waals surface area contributed by atoms with Crippen LogP contribution in [0.25, 0.3) is 0 Å². The number of nitrogens with one attached hydrogen (secondary N) is 1. The molecule has 19 nitrogen and oxygen atoms in total. The van der Waals surface area contributed by atoms with E-state index in [2.05, 4.69) is 55.6 Å². The van der Waals surface area contributed by atoms with Crippen molar-refractivity contribution in [1.29, 1.82) is 0 Å². The number of unbranched alkanes of at least 4 members (excludes halogenated alkanes) is 21. The summed E-state index contributed by atoms with van der Waals surface area (Å²) in [7, 11) is 0. The Morgan fingerprint density at radius 2 is 0.821 bits per heavy atom. The zero-order valence-electron chi connectivity index (χ0n) is 47.1. The topological polar surface area (TPSA) is 307 Å². The SMILES string of the molecule is CCCCCC/C=C\CCCCCCCC(=O)NC(COC1OC(CO)C(OC2OC(CO)C(OC3OC(CO)C(O)C(O)C3O)C(O)C2O)C(O)C1O)C(O)/C=C/CC/C=C/CC/C=C/CCCCCCCCCCCC. The van der Waals surface area contributed by atoms with Crippen LogP contribution < -0.4 is 5.32 Å². The highest BCUT2D eigenvalue weighted by molar-refractivity contribution is 5.76. The summed E-state index contributed by atoms with van der Waals surface area (Å²) in [5, 5.41) is 120. The molecular formula is C59H105NO18. The van der Waals surface area contributed by atoms with E-state index < -0.39 is 124 Å². The summed E-state index contributed by atoms with van der Waals surface area (Å²) >= 11 is 0. The Morgan fingerprint density at radius 3 is 1.29 bits per heavy atom. The molecular weight excluding hydrogens is 1010 g/mol. The maximum atomic E-state index is 13.3. The molecule has 3 rings (SSSR count). The minimum absolute atomic E-state index is 0.221. The second-order valence-corrected chi connectivity index (χ2v) is 21.4. The molecule has 3 saturated heterocycles. The molecule has 0 bridgehead atoms. The summed E-state index contributed by atoms with van der Waals surface area (Å²) in [6.07, 6.45) is 19.6. The maximum absolute atomic E-state index is 13.3. The van der Waals surface area contributed by atoms with E-state index in [1.54, 1.807) is 6.08 Å². The molecule has 0 aromatic rings. The summed E-state index contributed by atoms with van der Waals surface area (Å²) in [6, 6.07) is -1.000. The van der Waals surface area contributed by atoms with Gasteiger partial charge in [0.05, 0.1) is 38.6 Å². The average molecular weight is 1120 g/mol. The van der Waals surface area contributed by atoms with Crippen molar-refractivity contribution < 1.29 is 89.4 Å². The molecule has 17 atom stereocenters. The fourth-order valence-electron chi connectivity index (χ4n) is 9.86. The van der Waals surface area contributed by atoms with Crippen molar-refractivity contribution in [2.45, 2.75) is 291 Å². The second-order valence-electron chi connectivity index (χ2n) is 21.4. The monoisotopic (exact) mass is 1120 g/mol. The van der Waals surface area contributed by atoms with Gasteiger partial charge in [-0.15, -0.1) is 0 Å². The minimum atomic E-state index is -1.98. The number of rotatable bonds is 43. The molecule has 12 N–H and O–H groups in total. The quantitative estimate of drug-likeness (QED) is 0.0279. The van der Waals surface area contributed by atoms with E-state index in [4.69, 9.17) is 28.4 Å².